The maximum absolute atomic E-state index is 12.0. The van der Waals surface area contributed by atoms with Gasteiger partial charge in [0.15, 0.2) is 5.84 Å². The van der Waals surface area contributed by atoms with E-state index in [1.807, 2.05) is 6.92 Å². The van der Waals surface area contributed by atoms with Crippen LogP contribution in [-0.2, 0) is 0 Å². The van der Waals surface area contributed by atoms with Gasteiger partial charge >= 0.3 is 0 Å². The number of aromatic nitrogens is 2. The third-order valence-electron chi connectivity index (χ3n) is 7.78. The van der Waals surface area contributed by atoms with Crippen LogP contribution in [0, 0.1) is 27.7 Å². The van der Waals surface area contributed by atoms with Crippen molar-refractivity contribution in [2.75, 3.05) is 0 Å². The van der Waals surface area contributed by atoms with Crippen molar-refractivity contribution in [3.8, 4) is 56.0 Å². The monoisotopic (exact) mass is 699 g/mol. The zero-order valence-electron chi connectivity index (χ0n) is 26.7. The molecule has 0 aliphatic carbocycles. The number of phenols is 2. The first-order valence-corrected chi connectivity index (χ1v) is 15.5. The molecule has 2 heterocycles. The second kappa shape index (κ2) is 14.1. The van der Waals surface area contributed by atoms with Gasteiger partial charge in [-0.1, -0.05) is 62.9 Å². The Bertz CT molecular complexity index is 2170. The largest absolute Gasteiger partial charge is 0.508 e. The number of hydrogen-bond acceptors (Lipinski definition) is 9. The molecule has 0 fully saturated rings. The molecule has 49 heavy (non-hydrogen) atoms. The van der Waals surface area contributed by atoms with Crippen LogP contribution in [0.5, 0.6) is 11.5 Å². The number of phenolic OH excluding ortho intramolecular Hbond substituents is 2. The fourth-order valence-corrected chi connectivity index (χ4v) is 6.06. The van der Waals surface area contributed by atoms with Crippen LogP contribution in [0.1, 0.15) is 38.8 Å². The van der Waals surface area contributed by atoms with E-state index >= 15 is 0 Å². The number of aromatic hydroxyl groups is 2. The number of nitrogens with two attached hydrogens (primary N) is 2. The molecule has 250 valence electrons. The van der Waals surface area contributed by atoms with E-state index in [9.17, 15) is 20.2 Å². The Hall–Kier alpha value is -5.78. The summed E-state index contributed by atoms with van der Waals surface area (Å²) < 4.78 is 10.5. The molecule has 0 spiro atoms. The number of halogens is 2. The van der Waals surface area contributed by atoms with Crippen LogP contribution in [0.15, 0.2) is 87.0 Å². The zero-order chi connectivity index (χ0) is 35.6. The van der Waals surface area contributed by atoms with Gasteiger partial charge in [0.2, 0.25) is 5.91 Å². The molecule has 6 rings (SSSR count). The van der Waals surface area contributed by atoms with Crippen LogP contribution < -0.4 is 11.5 Å². The number of amidine groups is 1. The predicted molar refractivity (Wildman–Crippen MR) is 188 cm³/mol. The fraction of sp³-hybridized carbons (Fsp3) is 0.111. The SMILES string of the molecule is Cc1noc(C)c1-c1c(C(N)=NO)cc(Cl)cc1-c1ccc(O)cc1.Cc1noc(C)c1-c1c(C(N)=O)cc(Cl)cc1-c1ccc(O)cc1. The Morgan fingerprint density at radius 3 is 1.39 bits per heavy atom. The van der Waals surface area contributed by atoms with Gasteiger partial charge in [-0.15, -0.1) is 0 Å². The summed E-state index contributed by atoms with van der Waals surface area (Å²) in [5.41, 5.74) is 19.4. The fourth-order valence-electron chi connectivity index (χ4n) is 5.62. The highest BCUT2D eigenvalue weighted by atomic mass is 35.5. The number of nitrogens with zero attached hydrogens (tertiary/aromatic N) is 3. The second-order valence-electron chi connectivity index (χ2n) is 11.1. The van der Waals surface area contributed by atoms with Crippen LogP contribution in [-0.4, -0.2) is 37.5 Å². The smallest absolute Gasteiger partial charge is 0.249 e. The highest BCUT2D eigenvalue weighted by Gasteiger charge is 2.24. The molecular formula is C36H31Cl2N5O6. The van der Waals surface area contributed by atoms with E-state index in [1.54, 1.807) is 87.5 Å². The van der Waals surface area contributed by atoms with Gasteiger partial charge in [0.25, 0.3) is 0 Å². The van der Waals surface area contributed by atoms with E-state index in [1.165, 1.54) is 6.07 Å². The Morgan fingerprint density at radius 2 is 1.04 bits per heavy atom. The lowest BCUT2D eigenvalue weighted by atomic mass is 9.89. The Balaban J connectivity index is 0.000000191. The molecule has 2 aromatic heterocycles. The van der Waals surface area contributed by atoms with Crippen LogP contribution in [0.2, 0.25) is 10.0 Å². The van der Waals surface area contributed by atoms with E-state index in [-0.39, 0.29) is 17.3 Å². The molecule has 11 nitrogen and oxygen atoms in total. The number of carbonyl (C=O) groups excluding carboxylic acids is 1. The van der Waals surface area contributed by atoms with Crippen molar-refractivity contribution in [2.45, 2.75) is 27.7 Å². The highest BCUT2D eigenvalue weighted by molar-refractivity contribution is 6.32. The molecule has 1 amide bonds. The van der Waals surface area contributed by atoms with Crippen molar-refractivity contribution in [3.63, 3.8) is 0 Å². The van der Waals surface area contributed by atoms with Crippen molar-refractivity contribution >= 4 is 34.9 Å². The summed E-state index contributed by atoms with van der Waals surface area (Å²) in [6.07, 6.45) is 0. The summed E-state index contributed by atoms with van der Waals surface area (Å²) in [6.45, 7) is 7.18. The number of hydrogen-bond donors (Lipinski definition) is 5. The molecule has 7 N–H and O–H groups in total. The van der Waals surface area contributed by atoms with Gasteiger partial charge in [0.05, 0.1) is 11.4 Å². The number of benzene rings is 4. The standard InChI is InChI=1S/C18H16ClN3O3.C18H15ClN2O3/c1-9-16(10(2)25-22-9)17-14(11-3-5-13(23)6-4-11)7-12(19)8-15(17)18(20)21-24;1-9-16(10(2)24-21-9)17-14(11-3-5-13(22)6-4-11)7-12(19)8-15(17)18(20)23/h3-8,23-24H,1-2H3,(H2,20,21);3-8,22H,1-2H3,(H2,20,23). The Labute approximate surface area is 291 Å². The first-order chi connectivity index (χ1) is 23.3. The van der Waals surface area contributed by atoms with Crippen molar-refractivity contribution in [1.82, 2.24) is 10.3 Å². The molecule has 0 saturated heterocycles. The molecule has 6 aromatic rings. The topological polar surface area (TPSA) is 194 Å². The Morgan fingerprint density at radius 1 is 0.653 bits per heavy atom. The van der Waals surface area contributed by atoms with Crippen LogP contribution in [0.25, 0.3) is 44.5 Å². The zero-order valence-corrected chi connectivity index (χ0v) is 28.3. The van der Waals surface area contributed by atoms with Gasteiger partial charge in [-0.25, -0.2) is 0 Å². The minimum Gasteiger partial charge on any atom is -0.508 e. The summed E-state index contributed by atoms with van der Waals surface area (Å²) in [5, 5.41) is 40.2. The van der Waals surface area contributed by atoms with E-state index in [2.05, 4.69) is 15.5 Å². The van der Waals surface area contributed by atoms with Gasteiger partial charge in [-0.3, -0.25) is 4.79 Å². The summed E-state index contributed by atoms with van der Waals surface area (Å²) in [7, 11) is 0. The van der Waals surface area contributed by atoms with Gasteiger partial charge < -0.3 is 35.9 Å². The average Bonchev–Trinajstić information content (AvgIpc) is 3.59. The lowest BCUT2D eigenvalue weighted by Crippen LogP contribution is -2.15. The molecule has 0 unspecified atom stereocenters. The molecule has 13 heteroatoms. The van der Waals surface area contributed by atoms with Crippen LogP contribution in [0.3, 0.4) is 0 Å². The minimum atomic E-state index is -0.590. The van der Waals surface area contributed by atoms with Crippen molar-refractivity contribution in [1.29, 1.82) is 0 Å². The quantitative estimate of drug-likeness (QED) is 0.0493. The van der Waals surface area contributed by atoms with Crippen molar-refractivity contribution in [3.05, 3.63) is 117 Å². The molecule has 0 radical (unpaired) electrons. The molecule has 0 atom stereocenters. The van der Waals surface area contributed by atoms with E-state index in [0.717, 1.165) is 22.3 Å². The average molecular weight is 701 g/mol. The normalized spacial score (nSPS) is 11.3. The molecule has 0 aliphatic rings. The second-order valence-corrected chi connectivity index (χ2v) is 12.0. The van der Waals surface area contributed by atoms with E-state index in [0.29, 0.717) is 66.3 Å². The van der Waals surface area contributed by atoms with Gasteiger partial charge in [0, 0.05) is 43.4 Å². The highest BCUT2D eigenvalue weighted by Crippen LogP contribution is 2.42. The lowest BCUT2D eigenvalue weighted by Gasteiger charge is -2.15. The Kier molecular flexibility index (Phi) is 9.97. The number of rotatable bonds is 6. The number of amides is 1. The van der Waals surface area contributed by atoms with Crippen molar-refractivity contribution in [2.24, 2.45) is 16.6 Å². The number of aryl methyl sites for hydroxylation is 4. The van der Waals surface area contributed by atoms with Gasteiger partial charge in [-0.2, -0.15) is 0 Å². The number of primary amides is 1. The molecular weight excluding hydrogens is 669 g/mol. The number of carbonyl (C=O) groups is 1. The molecule has 0 bridgehead atoms. The summed E-state index contributed by atoms with van der Waals surface area (Å²) >= 11 is 12.5. The predicted octanol–water partition coefficient (Wildman–Crippen LogP) is 8.16. The molecule has 4 aromatic carbocycles. The summed E-state index contributed by atoms with van der Waals surface area (Å²) in [5.74, 6) is 0.824. The number of oxime groups is 1. The van der Waals surface area contributed by atoms with Crippen molar-refractivity contribution < 1.29 is 29.3 Å². The first-order valence-electron chi connectivity index (χ1n) is 14.7. The third-order valence-corrected chi connectivity index (χ3v) is 8.22. The molecule has 0 aliphatic heterocycles. The van der Waals surface area contributed by atoms with E-state index < -0.39 is 5.91 Å². The van der Waals surface area contributed by atoms with Gasteiger partial charge in [0.1, 0.15) is 23.0 Å². The molecule has 0 saturated carbocycles. The maximum atomic E-state index is 12.0. The minimum absolute atomic E-state index is 0.0717. The van der Waals surface area contributed by atoms with E-state index in [4.69, 9.17) is 43.7 Å². The first kappa shape index (κ1) is 34.6. The van der Waals surface area contributed by atoms with Crippen LogP contribution in [0.4, 0.5) is 0 Å². The lowest BCUT2D eigenvalue weighted by molar-refractivity contribution is 0.100. The van der Waals surface area contributed by atoms with Gasteiger partial charge in [-0.05, 0) is 98.5 Å². The third kappa shape index (κ3) is 7.08. The summed E-state index contributed by atoms with van der Waals surface area (Å²) in [4.78, 5) is 12.0. The summed E-state index contributed by atoms with van der Waals surface area (Å²) in [6, 6.07) is 20.0. The maximum Gasteiger partial charge on any atom is 0.249 e. The van der Waals surface area contributed by atoms with Crippen LogP contribution >= 0.6 is 23.2 Å².